The van der Waals surface area contributed by atoms with E-state index in [-0.39, 0.29) is 5.82 Å². The molecule has 0 amide bonds. The Morgan fingerprint density at radius 3 is 2.81 bits per heavy atom. The van der Waals surface area contributed by atoms with Gasteiger partial charge in [-0.25, -0.2) is 4.39 Å². The van der Waals surface area contributed by atoms with E-state index in [0.29, 0.717) is 24.7 Å². The molecule has 0 bridgehead atoms. The molecule has 0 aliphatic rings. The van der Waals surface area contributed by atoms with Crippen LogP contribution in [0.4, 0.5) is 15.9 Å². The third-order valence-corrected chi connectivity index (χ3v) is 3.02. The van der Waals surface area contributed by atoms with Crippen LogP contribution in [0.3, 0.4) is 0 Å². The summed E-state index contributed by atoms with van der Waals surface area (Å²) in [5.74, 6) is 0.943. The second-order valence-corrected chi connectivity index (χ2v) is 4.90. The van der Waals surface area contributed by atoms with Crippen LogP contribution >= 0.6 is 0 Å². The van der Waals surface area contributed by atoms with Crippen LogP contribution in [0.2, 0.25) is 0 Å². The van der Waals surface area contributed by atoms with Gasteiger partial charge in [-0.2, -0.15) is 4.98 Å². The van der Waals surface area contributed by atoms with Crippen molar-refractivity contribution in [3.05, 3.63) is 47.8 Å². The second kappa shape index (κ2) is 6.92. The van der Waals surface area contributed by atoms with Crippen molar-refractivity contribution in [3.63, 3.8) is 0 Å². The lowest BCUT2D eigenvalue weighted by atomic mass is 10.2. The van der Waals surface area contributed by atoms with Crippen molar-refractivity contribution < 1.29 is 9.13 Å². The Morgan fingerprint density at radius 1 is 1.29 bits per heavy atom. The minimum Gasteiger partial charge on any atom is -0.476 e. The highest BCUT2D eigenvalue weighted by Gasteiger charge is 2.09. The molecule has 0 aliphatic carbocycles. The Balaban J connectivity index is 2.13. The standard InChI is InChI=1S/C16H20FN3O/c1-3-9-21-16-14(18)7-8-15(19-16)20(2)11-12-5-4-6-13(17)10-12/h4-8,10H,3,9,11,18H2,1-2H3. The van der Waals surface area contributed by atoms with Gasteiger partial charge in [-0.3, -0.25) is 0 Å². The Hall–Kier alpha value is -2.30. The number of nitrogens with two attached hydrogens (primary N) is 1. The van der Waals surface area contributed by atoms with Crippen molar-refractivity contribution in [1.82, 2.24) is 4.98 Å². The van der Waals surface area contributed by atoms with Gasteiger partial charge in [0, 0.05) is 13.6 Å². The molecule has 0 saturated heterocycles. The molecule has 0 radical (unpaired) electrons. The summed E-state index contributed by atoms with van der Waals surface area (Å²) < 4.78 is 18.7. The number of hydrogen-bond acceptors (Lipinski definition) is 4. The summed E-state index contributed by atoms with van der Waals surface area (Å²) in [4.78, 5) is 6.34. The zero-order valence-corrected chi connectivity index (χ0v) is 12.3. The van der Waals surface area contributed by atoms with E-state index in [1.807, 2.05) is 31.0 Å². The van der Waals surface area contributed by atoms with Gasteiger partial charge >= 0.3 is 0 Å². The zero-order valence-electron chi connectivity index (χ0n) is 12.3. The maximum Gasteiger partial charge on any atom is 0.239 e. The van der Waals surface area contributed by atoms with Gasteiger partial charge in [0.05, 0.1) is 12.3 Å². The van der Waals surface area contributed by atoms with Crippen molar-refractivity contribution in [3.8, 4) is 5.88 Å². The average Bonchev–Trinajstić information content (AvgIpc) is 2.46. The van der Waals surface area contributed by atoms with E-state index in [1.54, 1.807) is 12.1 Å². The molecule has 2 rings (SSSR count). The molecule has 0 fully saturated rings. The summed E-state index contributed by atoms with van der Waals surface area (Å²) in [6, 6.07) is 10.1. The lowest BCUT2D eigenvalue weighted by Crippen LogP contribution is -2.18. The monoisotopic (exact) mass is 289 g/mol. The van der Waals surface area contributed by atoms with E-state index in [1.165, 1.54) is 12.1 Å². The van der Waals surface area contributed by atoms with E-state index in [4.69, 9.17) is 10.5 Å². The lowest BCUT2D eigenvalue weighted by molar-refractivity contribution is 0.307. The van der Waals surface area contributed by atoms with Crippen LogP contribution in [0.1, 0.15) is 18.9 Å². The maximum atomic E-state index is 13.2. The number of aromatic nitrogens is 1. The number of anilines is 2. The van der Waals surface area contributed by atoms with Crippen molar-refractivity contribution >= 4 is 11.5 Å². The fraction of sp³-hybridized carbons (Fsp3) is 0.312. The largest absolute Gasteiger partial charge is 0.476 e. The molecule has 2 aromatic rings. The number of nitrogens with zero attached hydrogens (tertiary/aromatic N) is 2. The van der Waals surface area contributed by atoms with Crippen LogP contribution in [-0.4, -0.2) is 18.6 Å². The number of pyridine rings is 1. The molecule has 0 aliphatic heterocycles. The number of halogens is 1. The SMILES string of the molecule is CCCOc1nc(N(C)Cc2cccc(F)c2)ccc1N. The summed E-state index contributed by atoms with van der Waals surface area (Å²) in [6.07, 6.45) is 0.893. The van der Waals surface area contributed by atoms with Crippen LogP contribution < -0.4 is 15.4 Å². The van der Waals surface area contributed by atoms with Crippen molar-refractivity contribution in [2.75, 3.05) is 24.3 Å². The third-order valence-electron chi connectivity index (χ3n) is 3.02. The maximum absolute atomic E-state index is 13.2. The predicted molar refractivity (Wildman–Crippen MR) is 82.9 cm³/mol. The molecule has 21 heavy (non-hydrogen) atoms. The average molecular weight is 289 g/mol. The molecule has 0 unspecified atom stereocenters. The first kappa shape index (κ1) is 15.1. The first-order chi connectivity index (χ1) is 10.1. The van der Waals surface area contributed by atoms with Gasteiger partial charge in [0.2, 0.25) is 5.88 Å². The normalized spacial score (nSPS) is 10.4. The predicted octanol–water partition coefficient (Wildman–Crippen LogP) is 3.23. The van der Waals surface area contributed by atoms with Gasteiger partial charge in [-0.15, -0.1) is 0 Å². The highest BCUT2D eigenvalue weighted by atomic mass is 19.1. The Kier molecular flexibility index (Phi) is 4.98. The summed E-state index contributed by atoms with van der Waals surface area (Å²) >= 11 is 0. The minimum absolute atomic E-state index is 0.238. The fourth-order valence-corrected chi connectivity index (χ4v) is 1.96. The van der Waals surface area contributed by atoms with Crippen LogP contribution in [0.15, 0.2) is 36.4 Å². The number of hydrogen-bond donors (Lipinski definition) is 1. The quantitative estimate of drug-likeness (QED) is 0.887. The lowest BCUT2D eigenvalue weighted by Gasteiger charge is -2.19. The van der Waals surface area contributed by atoms with Gasteiger partial charge in [-0.1, -0.05) is 19.1 Å². The molecule has 5 heteroatoms. The van der Waals surface area contributed by atoms with Crippen LogP contribution in [0, 0.1) is 5.82 Å². The van der Waals surface area contributed by atoms with Crippen molar-refractivity contribution in [2.24, 2.45) is 0 Å². The van der Waals surface area contributed by atoms with Gasteiger partial charge in [0.25, 0.3) is 0 Å². The van der Waals surface area contributed by atoms with Gasteiger partial charge < -0.3 is 15.4 Å². The summed E-state index contributed by atoms with van der Waals surface area (Å²) in [6.45, 7) is 3.16. The molecule has 2 N–H and O–H groups in total. The molecule has 4 nitrogen and oxygen atoms in total. The van der Waals surface area contributed by atoms with Gasteiger partial charge in [-0.05, 0) is 36.2 Å². The first-order valence-electron chi connectivity index (χ1n) is 6.95. The number of benzene rings is 1. The van der Waals surface area contributed by atoms with Crippen molar-refractivity contribution in [1.29, 1.82) is 0 Å². The molecule has 1 aromatic carbocycles. The Labute approximate surface area is 124 Å². The van der Waals surface area contributed by atoms with Crippen LogP contribution in [-0.2, 0) is 6.54 Å². The highest BCUT2D eigenvalue weighted by molar-refractivity contribution is 5.54. The van der Waals surface area contributed by atoms with Crippen molar-refractivity contribution in [2.45, 2.75) is 19.9 Å². The molecule has 1 heterocycles. The molecular formula is C16H20FN3O. The molecule has 0 saturated carbocycles. The zero-order chi connectivity index (χ0) is 15.2. The van der Waals surface area contributed by atoms with E-state index < -0.39 is 0 Å². The highest BCUT2D eigenvalue weighted by Crippen LogP contribution is 2.23. The third kappa shape index (κ3) is 4.08. The summed E-state index contributed by atoms with van der Waals surface area (Å²) in [5.41, 5.74) is 7.25. The van der Waals surface area contributed by atoms with Gasteiger partial charge in [0.1, 0.15) is 11.6 Å². The van der Waals surface area contributed by atoms with E-state index in [0.717, 1.165) is 17.8 Å². The summed E-state index contributed by atoms with van der Waals surface area (Å²) in [7, 11) is 1.90. The molecule has 1 aromatic heterocycles. The van der Waals surface area contributed by atoms with E-state index >= 15 is 0 Å². The number of nitrogen functional groups attached to an aromatic ring is 1. The molecular weight excluding hydrogens is 269 g/mol. The van der Waals surface area contributed by atoms with E-state index in [2.05, 4.69) is 4.98 Å². The van der Waals surface area contributed by atoms with Crippen LogP contribution in [0.25, 0.3) is 0 Å². The smallest absolute Gasteiger partial charge is 0.239 e. The Morgan fingerprint density at radius 2 is 2.10 bits per heavy atom. The topological polar surface area (TPSA) is 51.4 Å². The number of ether oxygens (including phenoxy) is 1. The molecule has 0 spiro atoms. The summed E-state index contributed by atoms with van der Waals surface area (Å²) in [5, 5.41) is 0. The molecule has 0 atom stereocenters. The van der Waals surface area contributed by atoms with Crippen LogP contribution in [0.5, 0.6) is 5.88 Å². The van der Waals surface area contributed by atoms with E-state index in [9.17, 15) is 4.39 Å². The minimum atomic E-state index is -0.238. The Bertz CT molecular complexity index is 604. The second-order valence-electron chi connectivity index (χ2n) is 4.90. The number of rotatable bonds is 6. The first-order valence-corrected chi connectivity index (χ1v) is 6.95. The van der Waals surface area contributed by atoms with Gasteiger partial charge in [0.15, 0.2) is 0 Å². The molecule has 112 valence electrons. The fourth-order valence-electron chi connectivity index (χ4n) is 1.96.